The number of aromatic hydroxyl groups is 1. The second kappa shape index (κ2) is 5.58. The summed E-state index contributed by atoms with van der Waals surface area (Å²) in [7, 11) is 0. The number of rotatable bonds is 3. The van der Waals surface area contributed by atoms with E-state index in [4.69, 9.17) is 0 Å². The van der Waals surface area contributed by atoms with Gasteiger partial charge in [0.1, 0.15) is 17.4 Å². The lowest BCUT2D eigenvalue weighted by Crippen LogP contribution is -2.00. The number of H-pyrrole nitrogens is 1. The third-order valence-corrected chi connectivity index (χ3v) is 3.40. The smallest absolute Gasteiger partial charge is 0.205 e. The number of nitrogens with zero attached hydrogens (tertiary/aromatic N) is 1. The molecule has 0 aliphatic rings. The number of Topliss-reactive ketones (excluding diaryl/α,β-unsaturated/α-hetero) is 1. The number of allylic oxidation sites excluding steroid dienone is 1. The van der Waals surface area contributed by atoms with Gasteiger partial charge in [0.05, 0.1) is 0 Å². The highest BCUT2D eigenvalue weighted by Gasteiger charge is 2.16. The summed E-state index contributed by atoms with van der Waals surface area (Å²) in [5.74, 6) is -0.188. The number of hydrogen-bond donors (Lipinski definition) is 2. The van der Waals surface area contributed by atoms with Crippen LogP contribution in [0.1, 0.15) is 15.9 Å². The van der Waals surface area contributed by atoms with Crippen LogP contribution in [0.3, 0.4) is 0 Å². The molecule has 0 aliphatic carbocycles. The van der Waals surface area contributed by atoms with Crippen LogP contribution in [-0.4, -0.2) is 15.9 Å². The summed E-state index contributed by atoms with van der Waals surface area (Å²) >= 11 is 0. The van der Waals surface area contributed by atoms with Crippen molar-refractivity contribution in [2.24, 2.45) is 0 Å². The molecule has 0 unspecified atom stereocenters. The first-order chi connectivity index (χ1) is 10.7. The number of carbonyl (C=O) groups is 1. The Hall–Kier alpha value is -3.32. The van der Waals surface area contributed by atoms with Crippen LogP contribution < -0.4 is 0 Å². The number of aromatic nitrogens is 1. The normalized spacial score (nSPS) is 11.3. The fourth-order valence-electron chi connectivity index (χ4n) is 2.29. The number of phenols is 1. The van der Waals surface area contributed by atoms with Gasteiger partial charge in [-0.2, -0.15) is 5.26 Å². The van der Waals surface area contributed by atoms with E-state index in [1.165, 1.54) is 18.2 Å². The minimum absolute atomic E-state index is 0.0513. The third kappa shape index (κ3) is 2.48. The fourth-order valence-corrected chi connectivity index (χ4v) is 2.29. The molecule has 2 N–H and O–H groups in total. The van der Waals surface area contributed by atoms with E-state index in [2.05, 4.69) is 4.98 Å². The molecule has 0 fully saturated rings. The quantitative estimate of drug-likeness (QED) is 0.438. The number of aromatic amines is 1. The summed E-state index contributed by atoms with van der Waals surface area (Å²) in [5, 5.41) is 19.3. The highest BCUT2D eigenvalue weighted by molar-refractivity contribution is 6.19. The molecule has 0 saturated carbocycles. The number of carbonyl (C=O) groups excluding carboxylic acids is 1. The van der Waals surface area contributed by atoms with Crippen molar-refractivity contribution in [2.45, 2.75) is 0 Å². The van der Waals surface area contributed by atoms with E-state index in [0.29, 0.717) is 11.1 Å². The first-order valence-corrected chi connectivity index (χ1v) is 6.70. The number of ketones is 1. The summed E-state index contributed by atoms with van der Waals surface area (Å²) in [6.45, 7) is 0. The van der Waals surface area contributed by atoms with E-state index in [1.54, 1.807) is 18.3 Å². The molecule has 3 rings (SSSR count). The molecule has 0 saturated heterocycles. The largest absolute Gasteiger partial charge is 0.508 e. The van der Waals surface area contributed by atoms with Gasteiger partial charge in [-0.05, 0) is 29.8 Å². The number of phenolic OH excluding ortho intramolecular Hbond substituents is 1. The molecule has 0 aliphatic heterocycles. The molecule has 106 valence electrons. The average Bonchev–Trinajstić information content (AvgIpc) is 2.98. The number of para-hydroxylation sites is 1. The van der Waals surface area contributed by atoms with Gasteiger partial charge in [-0.3, -0.25) is 4.79 Å². The van der Waals surface area contributed by atoms with E-state index in [1.807, 2.05) is 30.3 Å². The third-order valence-electron chi connectivity index (χ3n) is 3.40. The lowest BCUT2D eigenvalue weighted by atomic mass is 10.0. The molecule has 0 amide bonds. The molecule has 1 aromatic heterocycles. The van der Waals surface area contributed by atoms with Gasteiger partial charge < -0.3 is 10.1 Å². The zero-order valence-electron chi connectivity index (χ0n) is 11.6. The highest BCUT2D eigenvalue weighted by atomic mass is 16.3. The van der Waals surface area contributed by atoms with Crippen molar-refractivity contribution in [2.75, 3.05) is 0 Å². The molecule has 1 heterocycles. The minimum atomic E-state index is -0.326. The van der Waals surface area contributed by atoms with Gasteiger partial charge >= 0.3 is 0 Å². The van der Waals surface area contributed by atoms with Crippen LogP contribution in [-0.2, 0) is 0 Å². The maximum Gasteiger partial charge on any atom is 0.205 e. The molecule has 4 nitrogen and oxygen atoms in total. The molecule has 3 aromatic rings. The fraction of sp³-hybridized carbons (Fsp3) is 0. The van der Waals surface area contributed by atoms with Crippen LogP contribution in [0.2, 0.25) is 0 Å². The summed E-state index contributed by atoms with van der Waals surface area (Å²) in [6.07, 6.45) is 3.14. The van der Waals surface area contributed by atoms with Crippen LogP contribution in [0.25, 0.3) is 17.0 Å². The summed E-state index contributed by atoms with van der Waals surface area (Å²) in [6, 6.07) is 15.7. The second-order valence-electron chi connectivity index (χ2n) is 4.84. The van der Waals surface area contributed by atoms with Crippen LogP contribution >= 0.6 is 0 Å². The van der Waals surface area contributed by atoms with E-state index >= 15 is 0 Å². The molecule has 0 radical (unpaired) electrons. The van der Waals surface area contributed by atoms with Crippen LogP contribution in [0, 0.1) is 11.3 Å². The van der Waals surface area contributed by atoms with Gasteiger partial charge in [-0.15, -0.1) is 0 Å². The maximum absolute atomic E-state index is 12.6. The van der Waals surface area contributed by atoms with Crippen molar-refractivity contribution in [1.82, 2.24) is 4.98 Å². The molecular formula is C18H12N2O2. The maximum atomic E-state index is 12.6. The Bertz CT molecular complexity index is 912. The lowest BCUT2D eigenvalue weighted by Gasteiger charge is -1.99. The minimum Gasteiger partial charge on any atom is -0.508 e. The van der Waals surface area contributed by atoms with Crippen molar-refractivity contribution in [3.63, 3.8) is 0 Å². The van der Waals surface area contributed by atoms with Gasteiger partial charge in [0, 0.05) is 22.7 Å². The molecule has 0 bridgehead atoms. The Balaban J connectivity index is 2.02. The molecule has 22 heavy (non-hydrogen) atoms. The van der Waals surface area contributed by atoms with E-state index in [-0.39, 0.29) is 17.1 Å². The number of nitrogens with one attached hydrogen (secondary N) is 1. The van der Waals surface area contributed by atoms with Gasteiger partial charge in [0.15, 0.2) is 0 Å². The van der Waals surface area contributed by atoms with E-state index in [0.717, 1.165) is 10.9 Å². The Kier molecular flexibility index (Phi) is 3.47. The molecule has 0 spiro atoms. The number of hydrogen-bond acceptors (Lipinski definition) is 3. The zero-order chi connectivity index (χ0) is 15.5. The van der Waals surface area contributed by atoms with Crippen molar-refractivity contribution in [3.05, 3.63) is 71.4 Å². The Labute approximate surface area is 126 Å². The van der Waals surface area contributed by atoms with Crippen molar-refractivity contribution >= 4 is 22.8 Å². The Morgan fingerprint density at radius 2 is 1.86 bits per heavy atom. The van der Waals surface area contributed by atoms with Crippen molar-refractivity contribution < 1.29 is 9.90 Å². The van der Waals surface area contributed by atoms with Crippen LogP contribution in [0.5, 0.6) is 5.75 Å². The Morgan fingerprint density at radius 1 is 1.14 bits per heavy atom. The predicted octanol–water partition coefficient (Wildman–Crippen LogP) is 3.66. The van der Waals surface area contributed by atoms with Gasteiger partial charge in [-0.25, -0.2) is 0 Å². The van der Waals surface area contributed by atoms with Crippen LogP contribution in [0.4, 0.5) is 0 Å². The van der Waals surface area contributed by atoms with E-state index < -0.39 is 0 Å². The highest BCUT2D eigenvalue weighted by Crippen LogP contribution is 2.22. The number of benzene rings is 2. The lowest BCUT2D eigenvalue weighted by molar-refractivity contribution is 0.104. The van der Waals surface area contributed by atoms with Crippen LogP contribution in [0.15, 0.2) is 60.3 Å². The average molecular weight is 288 g/mol. The first kappa shape index (κ1) is 13.7. The molecule has 2 aromatic carbocycles. The van der Waals surface area contributed by atoms with Gasteiger partial charge in [0.2, 0.25) is 5.78 Å². The second-order valence-corrected chi connectivity index (χ2v) is 4.84. The topological polar surface area (TPSA) is 76.9 Å². The molecule has 0 atom stereocenters. The summed E-state index contributed by atoms with van der Waals surface area (Å²) in [4.78, 5) is 15.6. The monoisotopic (exact) mass is 288 g/mol. The summed E-state index contributed by atoms with van der Waals surface area (Å²) < 4.78 is 0. The Morgan fingerprint density at radius 3 is 2.59 bits per heavy atom. The van der Waals surface area contributed by atoms with Gasteiger partial charge in [-0.1, -0.05) is 30.3 Å². The standard InChI is InChI=1S/C18H12N2O2/c19-10-13(9-12-5-7-14(21)8-6-12)18(22)16-11-20-17-4-2-1-3-15(16)17/h1-9,11,20-21H/b13-9+. The molecular weight excluding hydrogens is 276 g/mol. The summed E-state index contributed by atoms with van der Waals surface area (Å²) in [5.41, 5.74) is 2.06. The number of nitriles is 1. The first-order valence-electron chi connectivity index (χ1n) is 6.70. The van der Waals surface area contributed by atoms with Crippen molar-refractivity contribution in [3.8, 4) is 11.8 Å². The van der Waals surface area contributed by atoms with Crippen molar-refractivity contribution in [1.29, 1.82) is 5.26 Å². The van der Waals surface area contributed by atoms with Gasteiger partial charge in [0.25, 0.3) is 0 Å². The molecule has 4 heteroatoms. The number of fused-ring (bicyclic) bond motifs is 1. The SMILES string of the molecule is N#C/C(=C\c1ccc(O)cc1)C(=O)c1c[nH]c2ccccc12. The zero-order valence-corrected chi connectivity index (χ0v) is 11.6. The predicted molar refractivity (Wildman–Crippen MR) is 84.3 cm³/mol. The van der Waals surface area contributed by atoms with E-state index in [9.17, 15) is 15.2 Å².